The molecule has 0 bridgehead atoms. The van der Waals surface area contributed by atoms with E-state index >= 15 is 0 Å². The number of hydrogen-bond donors (Lipinski definition) is 0. The number of carbonyl (C=O) groups is 5. The van der Waals surface area contributed by atoms with Crippen LogP contribution in [0.15, 0.2) is 146 Å². The molecule has 0 aliphatic rings. The van der Waals surface area contributed by atoms with Gasteiger partial charge in [0.15, 0.2) is 0 Å². The minimum Gasteiger partial charge on any atom is -0.428 e. The molecule has 78 heavy (non-hydrogen) atoms. The Labute approximate surface area is 510 Å². The molecular formula is C65H82O10W3-2. The fourth-order valence-electron chi connectivity index (χ4n) is 6.50. The number of carbonyl (C=O) groups excluding carboxylic acids is 5. The zero-order valence-corrected chi connectivity index (χ0v) is 57.2. The number of rotatable bonds is 17. The average Bonchev–Trinajstić information content (AvgIpc) is 3.35. The first-order valence-corrected chi connectivity index (χ1v) is 25.6. The molecule has 0 aromatic heterocycles. The number of esters is 5. The second kappa shape index (κ2) is 37.0. The van der Waals surface area contributed by atoms with Crippen molar-refractivity contribution in [2.45, 2.75) is 140 Å². The number of hydrogen-bond acceptors (Lipinski definition) is 10. The predicted molar refractivity (Wildman–Crippen MR) is 302 cm³/mol. The molecule has 3 atom stereocenters. The maximum Gasteiger partial charge on any atom is 0.338 e. The monoisotopic (exact) mass is 1570 g/mol. The summed E-state index contributed by atoms with van der Waals surface area (Å²) >= 11 is 0. The van der Waals surface area contributed by atoms with E-state index in [4.69, 9.17) is 23.7 Å². The van der Waals surface area contributed by atoms with Crippen LogP contribution in [0.25, 0.3) is 0 Å². The zero-order chi connectivity index (χ0) is 56.7. The van der Waals surface area contributed by atoms with Gasteiger partial charge in [-0.15, -0.1) is 0 Å². The van der Waals surface area contributed by atoms with Crippen molar-refractivity contribution in [2.24, 2.45) is 17.3 Å². The van der Waals surface area contributed by atoms with Crippen molar-refractivity contribution in [1.82, 2.24) is 0 Å². The van der Waals surface area contributed by atoms with Crippen molar-refractivity contribution < 1.29 is 111 Å². The summed E-state index contributed by atoms with van der Waals surface area (Å²) in [6.45, 7) is 44.2. The Kier molecular flexibility index (Phi) is 35.6. The molecule has 10 nitrogen and oxygen atoms in total. The molecule has 0 saturated heterocycles. The van der Waals surface area contributed by atoms with Gasteiger partial charge in [-0.1, -0.05) is 182 Å². The molecule has 5 rings (SSSR count). The third kappa shape index (κ3) is 27.7. The first kappa shape index (κ1) is 75.1. The molecule has 13 heteroatoms. The smallest absolute Gasteiger partial charge is 0.338 e. The largest absolute Gasteiger partial charge is 0.428 e. The molecule has 0 aliphatic carbocycles. The van der Waals surface area contributed by atoms with Gasteiger partial charge in [0.25, 0.3) is 11.9 Å². The van der Waals surface area contributed by atoms with Crippen molar-refractivity contribution in [1.29, 1.82) is 0 Å². The first-order valence-electron chi connectivity index (χ1n) is 25.6. The molecule has 0 N–H and O–H groups in total. The summed E-state index contributed by atoms with van der Waals surface area (Å²) in [6, 6.07) is 37.6. The van der Waals surface area contributed by atoms with Gasteiger partial charge in [-0.05, 0) is 132 Å². The Morgan fingerprint density at radius 3 is 0.846 bits per heavy atom. The number of ether oxygens (including phenoxy) is 5. The topological polar surface area (TPSA) is 132 Å². The first-order chi connectivity index (χ1) is 35.0. The molecular weight excluding hydrogens is 1490 g/mol. The molecule has 5 aromatic carbocycles. The van der Waals surface area contributed by atoms with E-state index in [1.54, 1.807) is 83.1 Å². The Balaban J connectivity index is 0. The predicted octanol–water partition coefficient (Wildman–Crippen LogP) is 16.1. The molecule has 0 heterocycles. The van der Waals surface area contributed by atoms with Gasteiger partial charge in [0, 0.05) is 74.3 Å². The molecule has 0 spiro atoms. The van der Waals surface area contributed by atoms with E-state index in [2.05, 4.69) is 96.2 Å². The van der Waals surface area contributed by atoms with Crippen LogP contribution in [0.4, 0.5) is 0 Å². The van der Waals surface area contributed by atoms with Crippen molar-refractivity contribution in [3.63, 3.8) is 0 Å². The van der Waals surface area contributed by atoms with E-state index in [-0.39, 0.29) is 93.4 Å². The Morgan fingerprint density at radius 2 is 0.628 bits per heavy atom. The minimum absolute atomic E-state index is 0. The van der Waals surface area contributed by atoms with Crippen LogP contribution in [0.2, 0.25) is 0 Å². The van der Waals surface area contributed by atoms with E-state index in [9.17, 15) is 24.0 Å². The second-order valence-electron chi connectivity index (χ2n) is 20.8. The third-order valence-electron chi connectivity index (χ3n) is 11.6. The van der Waals surface area contributed by atoms with E-state index in [1.165, 1.54) is 27.8 Å². The molecule has 0 amide bonds. The van der Waals surface area contributed by atoms with Gasteiger partial charge >= 0.3 is 17.9 Å². The molecule has 0 saturated carbocycles. The molecule has 0 aliphatic heterocycles. The van der Waals surface area contributed by atoms with Crippen LogP contribution in [0, 0.1) is 31.1 Å². The molecule has 3 unspecified atom stereocenters. The second-order valence-corrected chi connectivity index (χ2v) is 20.8. The Morgan fingerprint density at radius 1 is 0.410 bits per heavy atom. The van der Waals surface area contributed by atoms with Crippen LogP contribution in [0.1, 0.15) is 168 Å². The Bertz CT molecular complexity index is 2540. The summed E-state index contributed by atoms with van der Waals surface area (Å²) in [5, 5.41) is 0. The average molecular weight is 1570 g/mol. The van der Waals surface area contributed by atoms with E-state index in [0.717, 1.165) is 0 Å². The van der Waals surface area contributed by atoms with Crippen molar-refractivity contribution in [2.75, 3.05) is 0 Å². The van der Waals surface area contributed by atoms with Gasteiger partial charge < -0.3 is 37.5 Å². The SMILES string of the molecule is C=C(C)C(=O)Oc1ccc(C(C)C)cc1.C=C(C)C(=O)Oc1ccc(C(C)C)cc1.[CH2-]C(C)(CC(C)C(=O)Oc1ccc(C(C)C)cc1)C(=O)Oc1ccc(C(C)C)cc1.[CH2-]C(C)C(=O)Oc1ccc(C(C)C)cc1.[W].[W].[W]. The van der Waals surface area contributed by atoms with Gasteiger partial charge in [-0.3, -0.25) is 14.4 Å². The molecule has 5 aromatic rings. The zero-order valence-electron chi connectivity index (χ0n) is 48.4. The molecule has 422 valence electrons. The molecule has 0 radical (unpaired) electrons. The van der Waals surface area contributed by atoms with Crippen LogP contribution in [0.3, 0.4) is 0 Å². The number of benzene rings is 5. The molecule has 0 fully saturated rings. The Hall–Kier alpha value is -5.01. The van der Waals surface area contributed by atoms with E-state index in [0.29, 0.717) is 69.5 Å². The van der Waals surface area contributed by atoms with Crippen LogP contribution in [-0.2, 0) is 87.2 Å². The van der Waals surface area contributed by atoms with Gasteiger partial charge in [-0.25, -0.2) is 9.59 Å². The summed E-state index contributed by atoms with van der Waals surface area (Å²) in [5.74, 6) is 2.17. The maximum atomic E-state index is 12.6. The summed E-state index contributed by atoms with van der Waals surface area (Å²) in [6.07, 6.45) is 0.221. The summed E-state index contributed by atoms with van der Waals surface area (Å²) in [5.41, 5.74) is 5.78. The normalized spacial score (nSPS) is 11.8. The van der Waals surface area contributed by atoms with Gasteiger partial charge in [0.2, 0.25) is 0 Å². The van der Waals surface area contributed by atoms with Crippen LogP contribution in [-0.4, -0.2) is 29.8 Å². The van der Waals surface area contributed by atoms with Gasteiger partial charge in [-0.2, -0.15) is 0 Å². The summed E-state index contributed by atoms with van der Waals surface area (Å²) < 4.78 is 26.2. The van der Waals surface area contributed by atoms with Crippen LogP contribution in [0.5, 0.6) is 28.7 Å². The van der Waals surface area contributed by atoms with Gasteiger partial charge in [0.1, 0.15) is 28.7 Å². The quantitative estimate of drug-likeness (QED) is 0.0384. The van der Waals surface area contributed by atoms with Crippen molar-refractivity contribution in [3.8, 4) is 28.7 Å². The van der Waals surface area contributed by atoms with E-state index < -0.39 is 23.3 Å². The maximum absolute atomic E-state index is 12.6. The fraction of sp³-hybridized carbons (Fsp3) is 0.369. The fourth-order valence-corrected chi connectivity index (χ4v) is 6.50. The van der Waals surface area contributed by atoms with Crippen molar-refractivity contribution in [3.05, 3.63) is 187 Å². The minimum atomic E-state index is -1.07. The van der Waals surface area contributed by atoms with Crippen LogP contribution >= 0.6 is 0 Å². The standard InChI is InChI=1S/C26H33O4.C13H17O2.2C13H16O2.3W/c1-17(2)20-8-12-22(13-9-20)29-24(27)19(5)16-26(6,7)25(28)30-23-14-10-21(11-15-23)18(3)4;3*1-9(2)11-5-7-12(8-6-11)15-13(14)10(3)4;;;/h8-15,17-19H,6,16H2,1-5,7H3;5-10H,3H2,1-2,4H3;2*5-9H,3H2,1-2,4H3;;;/q2*-1;;;;;. The van der Waals surface area contributed by atoms with E-state index in [1.807, 2.05) is 72.8 Å². The summed E-state index contributed by atoms with van der Waals surface area (Å²) in [4.78, 5) is 58.8. The third-order valence-corrected chi connectivity index (χ3v) is 11.6. The van der Waals surface area contributed by atoms with Crippen molar-refractivity contribution >= 4 is 29.8 Å². The van der Waals surface area contributed by atoms with Gasteiger partial charge in [0.05, 0.1) is 5.92 Å². The van der Waals surface area contributed by atoms with Crippen LogP contribution < -0.4 is 23.7 Å². The summed E-state index contributed by atoms with van der Waals surface area (Å²) in [7, 11) is 0.